The summed E-state index contributed by atoms with van der Waals surface area (Å²) < 4.78 is 0. The van der Waals surface area contributed by atoms with Crippen LogP contribution in [0.1, 0.15) is 79.7 Å². The van der Waals surface area contributed by atoms with Gasteiger partial charge in [-0.1, -0.05) is 63.6 Å². The molecule has 0 spiro atoms. The van der Waals surface area contributed by atoms with E-state index < -0.39 is 0 Å². The van der Waals surface area contributed by atoms with Crippen molar-refractivity contribution >= 4 is 17.1 Å². The second kappa shape index (κ2) is 9.31. The third kappa shape index (κ3) is 3.90. The fourth-order valence-electron chi connectivity index (χ4n) is 4.75. The molecule has 0 amide bonds. The molecule has 0 bridgehead atoms. The highest BCUT2D eigenvalue weighted by molar-refractivity contribution is 7.12. The molecule has 0 radical (unpaired) electrons. The molecule has 158 valence electrons. The second-order valence-electron chi connectivity index (χ2n) is 8.23. The Morgan fingerprint density at radius 2 is 1.53 bits per heavy atom. The number of rotatable bonds is 5. The average molecular weight is 419 g/mol. The maximum Gasteiger partial charge on any atom is 0.170 e. The largest absolute Gasteiger partial charge is 0.294 e. The van der Waals surface area contributed by atoms with Gasteiger partial charge in [0.15, 0.2) is 5.78 Å². The van der Waals surface area contributed by atoms with Crippen molar-refractivity contribution in [1.29, 1.82) is 0 Å². The molecule has 0 unspecified atom stereocenters. The second-order valence-corrected chi connectivity index (χ2v) is 9.15. The van der Waals surface area contributed by atoms with Crippen molar-refractivity contribution in [1.82, 2.24) is 0 Å². The summed E-state index contributed by atoms with van der Waals surface area (Å²) in [6.45, 7) is 12.3. The van der Waals surface area contributed by atoms with Crippen molar-refractivity contribution in [3.8, 4) is 22.3 Å². The lowest BCUT2D eigenvalue weighted by Gasteiger charge is -2.42. The zero-order valence-electron chi connectivity index (χ0n) is 19.3. The van der Waals surface area contributed by atoms with Gasteiger partial charge in [0.2, 0.25) is 0 Å². The number of carbonyl (C=O) groups is 1. The molecule has 0 N–H and O–H groups in total. The Morgan fingerprint density at radius 1 is 0.933 bits per heavy atom. The maximum absolute atomic E-state index is 12.2. The number of hydrogen-bond acceptors (Lipinski definition) is 2. The Hall–Kier alpha value is -2.19. The normalized spacial score (nSPS) is 14.5. The number of carbonyl (C=O) groups excluding carboxylic acids is 1. The van der Waals surface area contributed by atoms with Gasteiger partial charge in [0.1, 0.15) is 0 Å². The van der Waals surface area contributed by atoms with Gasteiger partial charge < -0.3 is 0 Å². The summed E-state index contributed by atoms with van der Waals surface area (Å²) in [6.07, 6.45) is 5.20. The monoisotopic (exact) mass is 418 g/mol. The minimum absolute atomic E-state index is 0.141. The smallest absolute Gasteiger partial charge is 0.170 e. The van der Waals surface area contributed by atoms with E-state index in [2.05, 4.69) is 63.2 Å². The number of ketones is 1. The van der Waals surface area contributed by atoms with Crippen LogP contribution in [0, 0.1) is 13.8 Å². The molecule has 1 aliphatic carbocycles. The van der Waals surface area contributed by atoms with Crippen LogP contribution in [0.4, 0.5) is 0 Å². The molecule has 4 rings (SSSR count). The number of hydrogen-bond donors (Lipinski definition) is 0. The molecule has 1 saturated carbocycles. The lowest BCUT2D eigenvalue weighted by atomic mass is 9.63. The summed E-state index contributed by atoms with van der Waals surface area (Å²) in [6, 6.07) is 15.7. The molecule has 1 aliphatic rings. The standard InChI is InChI=1S/C26H28OS.C2H6/c1-5-26(14-6-15-26)21-11-9-20(10-12-21)23-17(2)7-8-18(3)24(23)22-13-16-28-25(22)19(4)27;1-2/h7-13,16H,5-6,14-15H2,1-4H3;1-2H3. The van der Waals surface area contributed by atoms with Crippen molar-refractivity contribution in [3.05, 3.63) is 69.4 Å². The molecule has 1 heterocycles. The summed E-state index contributed by atoms with van der Waals surface area (Å²) in [7, 11) is 0. The van der Waals surface area contributed by atoms with Gasteiger partial charge in [-0.3, -0.25) is 4.79 Å². The molecule has 3 aromatic rings. The van der Waals surface area contributed by atoms with E-state index in [4.69, 9.17) is 0 Å². The van der Waals surface area contributed by atoms with Crippen molar-refractivity contribution < 1.29 is 4.79 Å². The minimum Gasteiger partial charge on any atom is -0.294 e. The highest BCUT2D eigenvalue weighted by Gasteiger charge is 2.36. The first-order valence-corrected chi connectivity index (χ1v) is 12.1. The van der Waals surface area contributed by atoms with Gasteiger partial charge in [0, 0.05) is 5.56 Å². The van der Waals surface area contributed by atoms with Gasteiger partial charge in [0.25, 0.3) is 0 Å². The predicted octanol–water partition coefficient (Wildman–Crippen LogP) is 8.76. The van der Waals surface area contributed by atoms with Gasteiger partial charge in [-0.25, -0.2) is 0 Å². The van der Waals surface area contributed by atoms with Crippen molar-refractivity contribution in [2.24, 2.45) is 0 Å². The average Bonchev–Trinajstić information content (AvgIpc) is 3.21. The fourth-order valence-corrected chi connectivity index (χ4v) is 5.55. The summed E-state index contributed by atoms with van der Waals surface area (Å²) in [5.41, 5.74) is 9.13. The number of aryl methyl sites for hydroxylation is 2. The van der Waals surface area contributed by atoms with Crippen LogP contribution in [-0.2, 0) is 5.41 Å². The van der Waals surface area contributed by atoms with Gasteiger partial charge in [0.05, 0.1) is 4.88 Å². The van der Waals surface area contributed by atoms with E-state index in [1.54, 1.807) is 18.3 Å². The Labute approximate surface area is 186 Å². The van der Waals surface area contributed by atoms with E-state index in [0.29, 0.717) is 5.41 Å². The highest BCUT2D eigenvalue weighted by Crippen LogP contribution is 2.47. The first-order valence-electron chi connectivity index (χ1n) is 11.3. The lowest BCUT2D eigenvalue weighted by Crippen LogP contribution is -2.33. The molecule has 1 nitrogen and oxygen atoms in total. The molecule has 0 saturated heterocycles. The Bertz CT molecular complexity index is 1010. The van der Waals surface area contributed by atoms with Crippen LogP contribution in [-0.4, -0.2) is 5.78 Å². The quantitative estimate of drug-likeness (QED) is 0.378. The zero-order chi connectivity index (χ0) is 21.9. The fraction of sp³-hybridized carbons (Fsp3) is 0.393. The minimum atomic E-state index is 0.141. The molecule has 1 aromatic heterocycles. The Kier molecular flexibility index (Phi) is 6.98. The zero-order valence-corrected chi connectivity index (χ0v) is 20.1. The van der Waals surface area contributed by atoms with Crippen LogP contribution in [0.5, 0.6) is 0 Å². The topological polar surface area (TPSA) is 17.1 Å². The molecule has 30 heavy (non-hydrogen) atoms. The highest BCUT2D eigenvalue weighted by atomic mass is 32.1. The van der Waals surface area contributed by atoms with E-state index in [-0.39, 0.29) is 5.78 Å². The molecule has 1 fully saturated rings. The van der Waals surface area contributed by atoms with E-state index in [1.165, 1.54) is 59.1 Å². The maximum atomic E-state index is 12.2. The van der Waals surface area contributed by atoms with Crippen molar-refractivity contribution in [2.75, 3.05) is 0 Å². The summed E-state index contributed by atoms with van der Waals surface area (Å²) >= 11 is 1.54. The first kappa shape index (κ1) is 22.5. The van der Waals surface area contributed by atoms with Gasteiger partial charge in [-0.15, -0.1) is 11.3 Å². The van der Waals surface area contributed by atoms with Crippen LogP contribution in [0.15, 0.2) is 47.8 Å². The molecular weight excluding hydrogens is 384 g/mol. The first-order chi connectivity index (χ1) is 14.5. The van der Waals surface area contributed by atoms with Crippen molar-refractivity contribution in [2.45, 2.75) is 72.6 Å². The summed E-state index contributed by atoms with van der Waals surface area (Å²) in [4.78, 5) is 13.0. The van der Waals surface area contributed by atoms with Crippen LogP contribution < -0.4 is 0 Å². The van der Waals surface area contributed by atoms with Gasteiger partial charge in [-0.2, -0.15) is 0 Å². The van der Waals surface area contributed by atoms with E-state index >= 15 is 0 Å². The van der Waals surface area contributed by atoms with E-state index in [0.717, 1.165) is 10.4 Å². The van der Waals surface area contributed by atoms with Crippen LogP contribution in [0.3, 0.4) is 0 Å². The predicted molar refractivity (Wildman–Crippen MR) is 132 cm³/mol. The molecule has 0 atom stereocenters. The SMILES string of the molecule is CC.CCC1(c2ccc(-c3c(C)ccc(C)c3-c3ccsc3C(C)=O)cc2)CCC1. The van der Waals surface area contributed by atoms with Crippen LogP contribution >= 0.6 is 11.3 Å². The van der Waals surface area contributed by atoms with E-state index in [9.17, 15) is 4.79 Å². The summed E-state index contributed by atoms with van der Waals surface area (Å²) in [5.74, 6) is 0.141. The van der Waals surface area contributed by atoms with Crippen LogP contribution in [0.2, 0.25) is 0 Å². The summed E-state index contributed by atoms with van der Waals surface area (Å²) in [5, 5.41) is 2.03. The molecular formula is C28H34OS. The molecule has 2 heteroatoms. The number of Topliss-reactive ketones (excluding diaryl/α,β-unsaturated/α-hetero) is 1. The molecule has 2 aromatic carbocycles. The number of thiophene rings is 1. The Balaban J connectivity index is 0.00000124. The third-order valence-corrected chi connectivity index (χ3v) is 7.66. The molecule has 0 aliphatic heterocycles. The number of benzene rings is 2. The van der Waals surface area contributed by atoms with Crippen molar-refractivity contribution in [3.63, 3.8) is 0 Å². The lowest BCUT2D eigenvalue weighted by molar-refractivity contribution is 0.102. The van der Waals surface area contributed by atoms with Gasteiger partial charge >= 0.3 is 0 Å². The third-order valence-electron chi connectivity index (χ3n) is 6.65. The van der Waals surface area contributed by atoms with E-state index in [1.807, 2.05) is 19.2 Å². The van der Waals surface area contributed by atoms with Gasteiger partial charge in [-0.05, 0) is 90.3 Å². The Morgan fingerprint density at radius 3 is 2.03 bits per heavy atom. The van der Waals surface area contributed by atoms with Crippen LogP contribution in [0.25, 0.3) is 22.3 Å².